The Morgan fingerprint density at radius 2 is 1.80 bits per heavy atom. The fourth-order valence-electron chi connectivity index (χ4n) is 3.27. The summed E-state index contributed by atoms with van der Waals surface area (Å²) in [5.74, 6) is 0.827. The Labute approximate surface area is 121 Å². The summed E-state index contributed by atoms with van der Waals surface area (Å²) in [5, 5.41) is 0. The van der Waals surface area contributed by atoms with E-state index in [2.05, 4.69) is 40.1 Å². The van der Waals surface area contributed by atoms with Crippen molar-refractivity contribution in [2.24, 2.45) is 5.92 Å². The number of piperazine rings is 1. The third kappa shape index (κ3) is 2.96. The van der Waals surface area contributed by atoms with E-state index in [-0.39, 0.29) is 0 Å². The van der Waals surface area contributed by atoms with E-state index in [0.29, 0.717) is 11.8 Å². The standard InChI is InChI=1S/C16H23N3O/c1-17-12-14(11-16(17)20)13-18-7-9-19(10-8-18)15-5-3-2-4-6-15/h2-6,14H,7-13H2,1H3/t14-/m0/s1. The lowest BCUT2D eigenvalue weighted by molar-refractivity contribution is -0.126. The van der Waals surface area contributed by atoms with Crippen LogP contribution < -0.4 is 4.90 Å². The Balaban J connectivity index is 1.48. The first-order valence-corrected chi connectivity index (χ1v) is 7.48. The Kier molecular flexibility index (Phi) is 3.92. The number of benzene rings is 1. The van der Waals surface area contributed by atoms with Crippen LogP contribution in [-0.2, 0) is 4.79 Å². The number of amides is 1. The highest BCUT2D eigenvalue weighted by atomic mass is 16.2. The second-order valence-electron chi connectivity index (χ2n) is 5.97. The second kappa shape index (κ2) is 5.83. The van der Waals surface area contributed by atoms with Crippen LogP contribution in [-0.4, -0.2) is 62.0 Å². The van der Waals surface area contributed by atoms with Gasteiger partial charge in [0.05, 0.1) is 0 Å². The minimum Gasteiger partial charge on any atom is -0.369 e. The Morgan fingerprint density at radius 1 is 1.10 bits per heavy atom. The maximum absolute atomic E-state index is 11.6. The molecule has 0 N–H and O–H groups in total. The number of carbonyl (C=O) groups is 1. The van der Waals surface area contributed by atoms with E-state index in [1.165, 1.54) is 5.69 Å². The molecule has 1 amide bonds. The van der Waals surface area contributed by atoms with Crippen LogP contribution in [0, 0.1) is 5.92 Å². The molecule has 0 unspecified atom stereocenters. The Bertz CT molecular complexity index is 454. The van der Waals surface area contributed by atoms with Crippen LogP contribution in [0.25, 0.3) is 0 Å². The van der Waals surface area contributed by atoms with Gasteiger partial charge in [-0.2, -0.15) is 0 Å². The minimum atomic E-state index is 0.304. The van der Waals surface area contributed by atoms with Gasteiger partial charge in [-0.3, -0.25) is 9.69 Å². The van der Waals surface area contributed by atoms with Crippen LogP contribution in [0.15, 0.2) is 30.3 Å². The van der Waals surface area contributed by atoms with Crippen molar-refractivity contribution in [1.29, 1.82) is 0 Å². The summed E-state index contributed by atoms with van der Waals surface area (Å²) in [7, 11) is 1.91. The third-order valence-electron chi connectivity index (χ3n) is 4.43. The van der Waals surface area contributed by atoms with Gasteiger partial charge in [-0.05, 0) is 18.1 Å². The molecular formula is C16H23N3O. The minimum absolute atomic E-state index is 0.304. The molecule has 2 aliphatic rings. The van der Waals surface area contributed by atoms with Crippen molar-refractivity contribution in [3.05, 3.63) is 30.3 Å². The van der Waals surface area contributed by atoms with Crippen molar-refractivity contribution in [1.82, 2.24) is 9.80 Å². The maximum atomic E-state index is 11.6. The lowest BCUT2D eigenvalue weighted by Gasteiger charge is -2.37. The molecular weight excluding hydrogens is 250 g/mol. The van der Waals surface area contributed by atoms with Gasteiger partial charge in [0.1, 0.15) is 0 Å². The maximum Gasteiger partial charge on any atom is 0.222 e. The molecule has 4 heteroatoms. The van der Waals surface area contributed by atoms with E-state index >= 15 is 0 Å². The van der Waals surface area contributed by atoms with E-state index in [1.807, 2.05) is 11.9 Å². The SMILES string of the molecule is CN1C[C@@H](CN2CCN(c3ccccc3)CC2)CC1=O. The van der Waals surface area contributed by atoms with E-state index < -0.39 is 0 Å². The van der Waals surface area contributed by atoms with Gasteiger partial charge in [-0.25, -0.2) is 0 Å². The predicted molar refractivity (Wildman–Crippen MR) is 80.8 cm³/mol. The Morgan fingerprint density at radius 3 is 2.40 bits per heavy atom. The first-order chi connectivity index (χ1) is 9.72. The van der Waals surface area contributed by atoms with Gasteiger partial charge in [0.2, 0.25) is 5.91 Å². The van der Waals surface area contributed by atoms with Crippen LogP contribution in [0.5, 0.6) is 0 Å². The van der Waals surface area contributed by atoms with Crippen LogP contribution in [0.4, 0.5) is 5.69 Å². The summed E-state index contributed by atoms with van der Waals surface area (Å²) in [6.45, 7) is 6.37. The highest BCUT2D eigenvalue weighted by Crippen LogP contribution is 2.20. The molecule has 0 aliphatic carbocycles. The number of carbonyl (C=O) groups excluding carboxylic acids is 1. The molecule has 20 heavy (non-hydrogen) atoms. The molecule has 0 spiro atoms. The Hall–Kier alpha value is -1.55. The molecule has 0 saturated carbocycles. The molecule has 1 atom stereocenters. The molecule has 0 bridgehead atoms. The molecule has 1 aromatic rings. The fourth-order valence-corrected chi connectivity index (χ4v) is 3.27. The zero-order valence-electron chi connectivity index (χ0n) is 12.2. The van der Waals surface area contributed by atoms with Crippen molar-refractivity contribution >= 4 is 11.6 Å². The van der Waals surface area contributed by atoms with E-state index in [9.17, 15) is 4.79 Å². The third-order valence-corrected chi connectivity index (χ3v) is 4.43. The predicted octanol–water partition coefficient (Wildman–Crippen LogP) is 1.29. The number of nitrogens with zero attached hydrogens (tertiary/aromatic N) is 3. The van der Waals surface area contributed by atoms with Crippen molar-refractivity contribution in [2.75, 3.05) is 51.2 Å². The van der Waals surface area contributed by atoms with Crippen molar-refractivity contribution in [2.45, 2.75) is 6.42 Å². The number of anilines is 1. The van der Waals surface area contributed by atoms with Crippen LogP contribution in [0.2, 0.25) is 0 Å². The fraction of sp³-hybridized carbons (Fsp3) is 0.562. The van der Waals surface area contributed by atoms with Crippen LogP contribution in [0.1, 0.15) is 6.42 Å². The highest BCUT2D eigenvalue weighted by Gasteiger charge is 2.29. The van der Waals surface area contributed by atoms with Gasteiger partial charge in [0, 0.05) is 58.4 Å². The molecule has 0 aromatic heterocycles. The van der Waals surface area contributed by atoms with Gasteiger partial charge < -0.3 is 9.80 Å². The van der Waals surface area contributed by atoms with Gasteiger partial charge >= 0.3 is 0 Å². The number of rotatable bonds is 3. The average Bonchev–Trinajstić information content (AvgIpc) is 2.79. The molecule has 2 fully saturated rings. The summed E-state index contributed by atoms with van der Waals surface area (Å²) < 4.78 is 0. The van der Waals surface area contributed by atoms with Crippen LogP contribution in [0.3, 0.4) is 0 Å². The smallest absolute Gasteiger partial charge is 0.222 e. The summed E-state index contributed by atoms with van der Waals surface area (Å²) in [6, 6.07) is 10.6. The molecule has 0 radical (unpaired) electrons. The van der Waals surface area contributed by atoms with Crippen molar-refractivity contribution < 1.29 is 4.79 Å². The molecule has 3 rings (SSSR count). The lowest BCUT2D eigenvalue weighted by atomic mass is 10.1. The topological polar surface area (TPSA) is 26.8 Å². The molecule has 2 heterocycles. The summed E-state index contributed by atoms with van der Waals surface area (Å²) in [4.78, 5) is 18.4. The number of hydrogen-bond donors (Lipinski definition) is 0. The monoisotopic (exact) mass is 273 g/mol. The number of likely N-dealkylation sites (tertiary alicyclic amines) is 1. The molecule has 2 saturated heterocycles. The van der Waals surface area contributed by atoms with Gasteiger partial charge in [-0.1, -0.05) is 18.2 Å². The first-order valence-electron chi connectivity index (χ1n) is 7.48. The highest BCUT2D eigenvalue weighted by molar-refractivity contribution is 5.78. The summed E-state index contributed by atoms with van der Waals surface area (Å²) in [6.07, 6.45) is 0.732. The van der Waals surface area contributed by atoms with Gasteiger partial charge in [0.25, 0.3) is 0 Å². The molecule has 1 aromatic carbocycles. The van der Waals surface area contributed by atoms with Gasteiger partial charge in [-0.15, -0.1) is 0 Å². The average molecular weight is 273 g/mol. The second-order valence-corrected chi connectivity index (χ2v) is 5.97. The largest absolute Gasteiger partial charge is 0.369 e. The molecule has 108 valence electrons. The van der Waals surface area contributed by atoms with Crippen LogP contribution >= 0.6 is 0 Å². The lowest BCUT2D eigenvalue weighted by Crippen LogP contribution is -2.48. The zero-order chi connectivity index (χ0) is 13.9. The van der Waals surface area contributed by atoms with Crippen molar-refractivity contribution in [3.63, 3.8) is 0 Å². The van der Waals surface area contributed by atoms with Crippen molar-refractivity contribution in [3.8, 4) is 0 Å². The zero-order valence-corrected chi connectivity index (χ0v) is 12.2. The quantitative estimate of drug-likeness (QED) is 0.830. The van der Waals surface area contributed by atoms with E-state index in [1.54, 1.807) is 0 Å². The normalized spacial score (nSPS) is 24.4. The van der Waals surface area contributed by atoms with E-state index in [0.717, 1.165) is 45.7 Å². The number of hydrogen-bond acceptors (Lipinski definition) is 3. The first kappa shape index (κ1) is 13.4. The number of para-hydroxylation sites is 1. The van der Waals surface area contributed by atoms with Gasteiger partial charge in [0.15, 0.2) is 0 Å². The summed E-state index contributed by atoms with van der Waals surface area (Å²) in [5.41, 5.74) is 1.32. The molecule has 2 aliphatic heterocycles. The summed E-state index contributed by atoms with van der Waals surface area (Å²) >= 11 is 0. The molecule has 4 nitrogen and oxygen atoms in total. The van der Waals surface area contributed by atoms with E-state index in [4.69, 9.17) is 0 Å².